The molecule has 0 fully saturated rings. The highest BCUT2D eigenvalue weighted by molar-refractivity contribution is 6.42. The number of benzene rings is 1. The number of carbonyl (C=O) groups is 2. The smallest absolute Gasteiger partial charge is 0.323 e. The molecule has 0 saturated heterocycles. The molecule has 0 bridgehead atoms. The number of carboxylic acid groups (broad SMARTS) is 1. The molecule has 6 heteroatoms. The molecule has 0 atom stereocenters. The zero-order valence-electron chi connectivity index (χ0n) is 10.6. The first-order valence-electron chi connectivity index (χ1n) is 5.69. The topological polar surface area (TPSA) is 57.6 Å². The van der Waals surface area contributed by atoms with Gasteiger partial charge in [0.1, 0.15) is 6.54 Å². The summed E-state index contributed by atoms with van der Waals surface area (Å²) in [6.07, 6.45) is 4.21. The molecule has 0 aliphatic rings. The van der Waals surface area contributed by atoms with Crippen LogP contribution in [0.2, 0.25) is 10.0 Å². The number of carboxylic acids is 1. The molecule has 106 valence electrons. The normalized spacial score (nSPS) is 10.5. The second-order valence-corrected chi connectivity index (χ2v) is 4.66. The molecule has 1 amide bonds. The predicted molar refractivity (Wildman–Crippen MR) is 79.9 cm³/mol. The third-order valence-corrected chi connectivity index (χ3v) is 3.21. The Bertz CT molecular complexity index is 555. The minimum absolute atomic E-state index is 0.152. The van der Waals surface area contributed by atoms with E-state index in [9.17, 15) is 9.59 Å². The van der Waals surface area contributed by atoms with E-state index < -0.39 is 18.4 Å². The standard InChI is InChI=1S/C14H13Cl2NO3/c1-2-8-17(9-13(19)20)12(18)7-6-10-4-3-5-11(15)14(10)16/h2-7H,1,8-9H2,(H,19,20). The van der Waals surface area contributed by atoms with Crippen LogP contribution in [0.5, 0.6) is 0 Å². The number of rotatable bonds is 6. The van der Waals surface area contributed by atoms with Crippen LogP contribution in [-0.4, -0.2) is 35.0 Å². The summed E-state index contributed by atoms with van der Waals surface area (Å²) >= 11 is 11.8. The second kappa shape index (κ2) is 7.72. The highest BCUT2D eigenvalue weighted by atomic mass is 35.5. The highest BCUT2D eigenvalue weighted by Crippen LogP contribution is 2.26. The molecular weight excluding hydrogens is 301 g/mol. The average Bonchev–Trinajstić information content (AvgIpc) is 2.39. The molecule has 0 aromatic heterocycles. The van der Waals surface area contributed by atoms with Crippen LogP contribution in [0.3, 0.4) is 0 Å². The van der Waals surface area contributed by atoms with Crippen molar-refractivity contribution < 1.29 is 14.7 Å². The van der Waals surface area contributed by atoms with Gasteiger partial charge in [-0.2, -0.15) is 0 Å². The average molecular weight is 314 g/mol. The largest absolute Gasteiger partial charge is 0.480 e. The number of amides is 1. The molecule has 1 aromatic carbocycles. The zero-order valence-corrected chi connectivity index (χ0v) is 12.1. The maximum Gasteiger partial charge on any atom is 0.323 e. The van der Waals surface area contributed by atoms with Crippen molar-refractivity contribution in [3.8, 4) is 0 Å². The molecule has 0 heterocycles. The minimum Gasteiger partial charge on any atom is -0.480 e. The lowest BCUT2D eigenvalue weighted by atomic mass is 10.2. The quantitative estimate of drug-likeness (QED) is 0.648. The fourth-order valence-electron chi connectivity index (χ4n) is 1.47. The van der Waals surface area contributed by atoms with Gasteiger partial charge in [0, 0.05) is 12.6 Å². The van der Waals surface area contributed by atoms with Gasteiger partial charge < -0.3 is 10.0 Å². The summed E-state index contributed by atoms with van der Waals surface area (Å²) in [5.74, 6) is -1.53. The Hall–Kier alpha value is -1.78. The SMILES string of the molecule is C=CCN(CC(=O)O)C(=O)C=Cc1cccc(Cl)c1Cl. The van der Waals surface area contributed by atoms with Gasteiger partial charge >= 0.3 is 5.97 Å². The van der Waals surface area contributed by atoms with Crippen molar-refractivity contribution in [2.45, 2.75) is 0 Å². The van der Waals surface area contributed by atoms with Crippen LogP contribution in [0.15, 0.2) is 36.9 Å². The van der Waals surface area contributed by atoms with Gasteiger partial charge in [0.05, 0.1) is 10.0 Å². The first kappa shape index (κ1) is 16.3. The van der Waals surface area contributed by atoms with Crippen LogP contribution in [0.1, 0.15) is 5.56 Å². The molecule has 1 aromatic rings. The number of hydrogen-bond donors (Lipinski definition) is 1. The van der Waals surface area contributed by atoms with Gasteiger partial charge in [-0.15, -0.1) is 6.58 Å². The molecule has 0 saturated carbocycles. The molecule has 1 rings (SSSR count). The van der Waals surface area contributed by atoms with Crippen molar-refractivity contribution >= 4 is 41.2 Å². The number of halogens is 2. The summed E-state index contributed by atoms with van der Waals surface area (Å²) in [4.78, 5) is 23.7. The molecule has 4 nitrogen and oxygen atoms in total. The van der Waals surface area contributed by atoms with Gasteiger partial charge in [-0.05, 0) is 17.7 Å². The second-order valence-electron chi connectivity index (χ2n) is 3.88. The van der Waals surface area contributed by atoms with Crippen LogP contribution in [0.4, 0.5) is 0 Å². The number of aliphatic carboxylic acids is 1. The first-order chi connectivity index (χ1) is 9.45. The van der Waals surface area contributed by atoms with Gasteiger partial charge in [0.15, 0.2) is 0 Å². The number of hydrogen-bond acceptors (Lipinski definition) is 2. The monoisotopic (exact) mass is 313 g/mol. The maximum absolute atomic E-state index is 11.9. The van der Waals surface area contributed by atoms with Crippen LogP contribution < -0.4 is 0 Å². The highest BCUT2D eigenvalue weighted by Gasteiger charge is 2.12. The molecule has 1 N–H and O–H groups in total. The molecule has 0 unspecified atom stereocenters. The van der Waals surface area contributed by atoms with E-state index in [0.717, 1.165) is 4.90 Å². The lowest BCUT2D eigenvalue weighted by molar-refractivity contribution is -0.142. The van der Waals surface area contributed by atoms with E-state index in [0.29, 0.717) is 15.6 Å². The van der Waals surface area contributed by atoms with Crippen LogP contribution in [0, 0.1) is 0 Å². The summed E-state index contributed by atoms with van der Waals surface area (Å²) in [5.41, 5.74) is 0.585. The summed E-state index contributed by atoms with van der Waals surface area (Å²) in [5, 5.41) is 9.46. The van der Waals surface area contributed by atoms with E-state index in [1.54, 1.807) is 18.2 Å². The van der Waals surface area contributed by atoms with E-state index in [1.165, 1.54) is 18.2 Å². The maximum atomic E-state index is 11.9. The van der Waals surface area contributed by atoms with Gasteiger partial charge in [-0.25, -0.2) is 0 Å². The van der Waals surface area contributed by atoms with Crippen molar-refractivity contribution in [1.29, 1.82) is 0 Å². The molecular formula is C14H13Cl2NO3. The Labute approximate surface area is 126 Å². The summed E-state index contributed by atoms with van der Waals surface area (Å²) in [6.45, 7) is 3.25. The van der Waals surface area contributed by atoms with Gasteiger partial charge in [-0.1, -0.05) is 41.4 Å². The fourth-order valence-corrected chi connectivity index (χ4v) is 1.84. The Balaban J connectivity index is 2.86. The number of carbonyl (C=O) groups excluding carboxylic acids is 1. The molecule has 20 heavy (non-hydrogen) atoms. The van der Waals surface area contributed by atoms with Gasteiger partial charge in [0.25, 0.3) is 0 Å². The molecule has 0 aliphatic carbocycles. The Morgan fingerprint density at radius 3 is 2.65 bits per heavy atom. The van der Waals surface area contributed by atoms with E-state index in [-0.39, 0.29) is 6.54 Å². The Kier molecular flexibility index (Phi) is 6.28. The predicted octanol–water partition coefficient (Wildman–Crippen LogP) is 3.11. The molecule has 0 aliphatic heterocycles. The van der Waals surface area contributed by atoms with Crippen molar-refractivity contribution in [3.05, 3.63) is 52.5 Å². The third kappa shape index (κ3) is 4.72. The minimum atomic E-state index is -1.09. The summed E-state index contributed by atoms with van der Waals surface area (Å²) < 4.78 is 0. The van der Waals surface area contributed by atoms with Crippen LogP contribution in [0.25, 0.3) is 6.08 Å². The molecule has 0 spiro atoms. The van der Waals surface area contributed by atoms with Crippen LogP contribution in [-0.2, 0) is 9.59 Å². The van der Waals surface area contributed by atoms with Crippen molar-refractivity contribution in [2.24, 2.45) is 0 Å². The summed E-state index contributed by atoms with van der Waals surface area (Å²) in [6, 6.07) is 5.04. The van der Waals surface area contributed by atoms with Gasteiger partial charge in [-0.3, -0.25) is 9.59 Å². The van der Waals surface area contributed by atoms with E-state index >= 15 is 0 Å². The lowest BCUT2D eigenvalue weighted by Gasteiger charge is -2.16. The summed E-state index contributed by atoms with van der Waals surface area (Å²) in [7, 11) is 0. The Morgan fingerprint density at radius 1 is 1.35 bits per heavy atom. The van der Waals surface area contributed by atoms with Crippen molar-refractivity contribution in [2.75, 3.05) is 13.1 Å². The van der Waals surface area contributed by atoms with E-state index in [2.05, 4.69) is 6.58 Å². The number of nitrogens with zero attached hydrogens (tertiary/aromatic N) is 1. The first-order valence-corrected chi connectivity index (χ1v) is 6.45. The van der Waals surface area contributed by atoms with Gasteiger partial charge in [0.2, 0.25) is 5.91 Å². The zero-order chi connectivity index (χ0) is 15.1. The fraction of sp³-hybridized carbons (Fsp3) is 0.143. The van der Waals surface area contributed by atoms with E-state index in [4.69, 9.17) is 28.3 Å². The van der Waals surface area contributed by atoms with Crippen LogP contribution >= 0.6 is 23.2 Å². The van der Waals surface area contributed by atoms with Crippen molar-refractivity contribution in [3.63, 3.8) is 0 Å². The Morgan fingerprint density at radius 2 is 2.05 bits per heavy atom. The van der Waals surface area contributed by atoms with E-state index in [1.807, 2.05) is 0 Å². The van der Waals surface area contributed by atoms with Crippen molar-refractivity contribution in [1.82, 2.24) is 4.90 Å². The lowest BCUT2D eigenvalue weighted by Crippen LogP contribution is -2.34. The third-order valence-electron chi connectivity index (χ3n) is 2.37. The molecule has 0 radical (unpaired) electrons.